The minimum absolute atomic E-state index is 0.247. The van der Waals surface area contributed by atoms with E-state index in [0.717, 1.165) is 5.56 Å². The van der Waals surface area contributed by atoms with Gasteiger partial charge in [-0.1, -0.05) is 30.3 Å². The Morgan fingerprint density at radius 3 is 2.42 bits per heavy atom. The summed E-state index contributed by atoms with van der Waals surface area (Å²) in [6.07, 6.45) is 0.837. The molecule has 0 aromatic heterocycles. The molecule has 104 valence electrons. The molecule has 4 nitrogen and oxygen atoms in total. The van der Waals surface area contributed by atoms with Gasteiger partial charge in [0, 0.05) is 6.42 Å². The van der Waals surface area contributed by atoms with Crippen LogP contribution in [0.4, 0.5) is 0 Å². The molecule has 0 amide bonds. The first-order valence-corrected chi connectivity index (χ1v) is 6.40. The molecule has 0 saturated heterocycles. The summed E-state index contributed by atoms with van der Waals surface area (Å²) >= 11 is 0. The molecule has 1 rings (SSSR count). The fraction of sp³-hybridized carbons (Fsp3) is 0.400. The Morgan fingerprint density at radius 2 is 1.84 bits per heavy atom. The number of aliphatic hydroxyl groups excluding tert-OH is 1. The van der Waals surface area contributed by atoms with Gasteiger partial charge in [-0.15, -0.1) is 0 Å². The van der Waals surface area contributed by atoms with Gasteiger partial charge >= 0.3 is 5.97 Å². The molecular formula is C15H20O4. The number of hydrogen-bond acceptors (Lipinski definition) is 4. The van der Waals surface area contributed by atoms with Crippen molar-refractivity contribution < 1.29 is 19.4 Å². The highest BCUT2D eigenvalue weighted by molar-refractivity contribution is 5.82. The molecule has 0 aliphatic rings. The highest BCUT2D eigenvalue weighted by atomic mass is 16.5. The minimum atomic E-state index is -0.701. The second kappa shape index (κ2) is 8.32. The van der Waals surface area contributed by atoms with E-state index in [1.165, 1.54) is 6.08 Å². The van der Waals surface area contributed by atoms with Crippen molar-refractivity contribution in [2.75, 3.05) is 13.2 Å². The van der Waals surface area contributed by atoms with Crippen LogP contribution in [0.2, 0.25) is 0 Å². The van der Waals surface area contributed by atoms with Crippen LogP contribution in [0.15, 0.2) is 42.2 Å². The first-order valence-electron chi connectivity index (χ1n) is 6.40. The summed E-state index contributed by atoms with van der Waals surface area (Å²) in [4.78, 5) is 11.4. The third-order valence-electron chi connectivity index (χ3n) is 2.47. The molecule has 1 N–H and O–H groups in total. The lowest BCUT2D eigenvalue weighted by atomic mass is 10.1. The fourth-order valence-corrected chi connectivity index (χ4v) is 1.64. The highest BCUT2D eigenvalue weighted by Crippen LogP contribution is 2.21. The smallest absolute Gasteiger partial charge is 0.334 e. The van der Waals surface area contributed by atoms with E-state index in [9.17, 15) is 9.90 Å². The Hall–Kier alpha value is -1.81. The Bertz CT molecular complexity index is 411. The van der Waals surface area contributed by atoms with Crippen LogP contribution in [-0.4, -0.2) is 24.3 Å². The monoisotopic (exact) mass is 264 g/mol. The van der Waals surface area contributed by atoms with E-state index < -0.39 is 12.1 Å². The van der Waals surface area contributed by atoms with E-state index in [2.05, 4.69) is 0 Å². The molecule has 1 atom stereocenters. The summed E-state index contributed by atoms with van der Waals surface area (Å²) < 4.78 is 10.2. The van der Waals surface area contributed by atoms with Gasteiger partial charge in [-0.2, -0.15) is 0 Å². The quantitative estimate of drug-likeness (QED) is 0.467. The zero-order valence-electron chi connectivity index (χ0n) is 11.3. The van der Waals surface area contributed by atoms with Crippen LogP contribution in [0.5, 0.6) is 0 Å². The second-order valence-corrected chi connectivity index (χ2v) is 3.93. The van der Waals surface area contributed by atoms with Gasteiger partial charge in [0.05, 0.1) is 25.4 Å². The van der Waals surface area contributed by atoms with E-state index in [4.69, 9.17) is 9.47 Å². The molecule has 4 heteroatoms. The Balaban J connectivity index is 2.70. The van der Waals surface area contributed by atoms with Gasteiger partial charge in [-0.25, -0.2) is 4.79 Å². The SMILES string of the molecule is CCOC(=O)/C=C(/C[C@@H](O)c1ccccc1)OCC. The normalized spacial score (nSPS) is 12.9. The summed E-state index contributed by atoms with van der Waals surface area (Å²) in [5, 5.41) is 10.1. The average molecular weight is 264 g/mol. The van der Waals surface area contributed by atoms with Gasteiger partial charge in [0.2, 0.25) is 0 Å². The van der Waals surface area contributed by atoms with E-state index in [0.29, 0.717) is 19.0 Å². The van der Waals surface area contributed by atoms with Gasteiger partial charge in [0.25, 0.3) is 0 Å². The molecule has 0 aliphatic heterocycles. The molecule has 0 bridgehead atoms. The summed E-state index contributed by atoms with van der Waals surface area (Å²) in [7, 11) is 0. The Morgan fingerprint density at radius 1 is 1.21 bits per heavy atom. The zero-order chi connectivity index (χ0) is 14.1. The highest BCUT2D eigenvalue weighted by Gasteiger charge is 2.12. The second-order valence-electron chi connectivity index (χ2n) is 3.93. The van der Waals surface area contributed by atoms with Crippen LogP contribution in [-0.2, 0) is 14.3 Å². The molecule has 0 heterocycles. The van der Waals surface area contributed by atoms with Crippen molar-refractivity contribution in [3.8, 4) is 0 Å². The molecule has 1 aromatic carbocycles. The topological polar surface area (TPSA) is 55.8 Å². The fourth-order valence-electron chi connectivity index (χ4n) is 1.64. The number of benzene rings is 1. The van der Waals surface area contributed by atoms with Crippen LogP contribution in [0, 0.1) is 0 Å². The van der Waals surface area contributed by atoms with Crippen molar-refractivity contribution in [1.82, 2.24) is 0 Å². The molecule has 0 aliphatic carbocycles. The molecule has 19 heavy (non-hydrogen) atoms. The van der Waals surface area contributed by atoms with Crippen LogP contribution in [0.3, 0.4) is 0 Å². The summed E-state index contributed by atoms with van der Waals surface area (Å²) in [6, 6.07) is 9.26. The van der Waals surface area contributed by atoms with Crippen molar-refractivity contribution in [2.24, 2.45) is 0 Å². The van der Waals surface area contributed by atoms with Gasteiger partial charge < -0.3 is 14.6 Å². The predicted octanol–water partition coefficient (Wildman–Crippen LogP) is 2.59. The number of hydrogen-bond donors (Lipinski definition) is 1. The lowest BCUT2D eigenvalue weighted by Gasteiger charge is -2.14. The van der Waals surface area contributed by atoms with Crippen LogP contribution in [0.1, 0.15) is 31.9 Å². The van der Waals surface area contributed by atoms with Gasteiger partial charge in [-0.3, -0.25) is 0 Å². The van der Waals surface area contributed by atoms with E-state index in [1.807, 2.05) is 37.3 Å². The van der Waals surface area contributed by atoms with E-state index in [1.54, 1.807) is 6.92 Å². The third-order valence-corrected chi connectivity index (χ3v) is 2.47. The first-order chi connectivity index (χ1) is 9.17. The largest absolute Gasteiger partial charge is 0.498 e. The number of rotatable bonds is 7. The van der Waals surface area contributed by atoms with Crippen molar-refractivity contribution >= 4 is 5.97 Å². The number of esters is 1. The van der Waals surface area contributed by atoms with Gasteiger partial charge in [-0.05, 0) is 19.4 Å². The maximum absolute atomic E-state index is 11.4. The molecule has 0 fully saturated rings. The Kier molecular flexibility index (Phi) is 6.68. The van der Waals surface area contributed by atoms with Crippen molar-refractivity contribution in [3.05, 3.63) is 47.7 Å². The molecule has 0 unspecified atom stereocenters. The van der Waals surface area contributed by atoms with Crippen molar-refractivity contribution in [2.45, 2.75) is 26.4 Å². The molecule has 0 radical (unpaired) electrons. The lowest BCUT2D eigenvalue weighted by Crippen LogP contribution is -2.06. The third kappa shape index (κ3) is 5.57. The summed E-state index contributed by atoms with van der Waals surface area (Å²) in [6.45, 7) is 4.32. The first kappa shape index (κ1) is 15.2. The standard InChI is InChI=1S/C15H20O4/c1-3-18-13(11-15(17)19-4-2)10-14(16)12-8-6-5-7-9-12/h5-9,11,14,16H,3-4,10H2,1-2H3/b13-11-/t14-/m1/s1. The van der Waals surface area contributed by atoms with Crippen molar-refractivity contribution in [3.63, 3.8) is 0 Å². The molecule has 0 saturated carbocycles. The zero-order valence-corrected chi connectivity index (χ0v) is 11.3. The summed E-state index contributed by atoms with van der Waals surface area (Å²) in [5.41, 5.74) is 0.789. The van der Waals surface area contributed by atoms with Crippen LogP contribution in [0.25, 0.3) is 0 Å². The van der Waals surface area contributed by atoms with Crippen LogP contribution < -0.4 is 0 Å². The van der Waals surface area contributed by atoms with Gasteiger partial charge in [0.15, 0.2) is 0 Å². The van der Waals surface area contributed by atoms with Gasteiger partial charge in [0.1, 0.15) is 5.76 Å². The van der Waals surface area contributed by atoms with Crippen molar-refractivity contribution in [1.29, 1.82) is 0 Å². The number of aliphatic hydroxyl groups is 1. The summed E-state index contributed by atoms with van der Waals surface area (Å²) in [5.74, 6) is -0.0245. The average Bonchev–Trinajstić information content (AvgIpc) is 2.40. The maximum atomic E-state index is 11.4. The van der Waals surface area contributed by atoms with E-state index in [-0.39, 0.29) is 6.42 Å². The number of ether oxygens (including phenoxy) is 2. The number of carbonyl (C=O) groups is 1. The Labute approximate surface area is 113 Å². The number of carbonyl (C=O) groups excluding carboxylic acids is 1. The minimum Gasteiger partial charge on any atom is -0.498 e. The molecular weight excluding hydrogens is 244 g/mol. The molecule has 1 aromatic rings. The predicted molar refractivity (Wildman–Crippen MR) is 72.4 cm³/mol. The molecule has 0 spiro atoms. The van der Waals surface area contributed by atoms with E-state index >= 15 is 0 Å². The van der Waals surface area contributed by atoms with Crippen LogP contribution >= 0.6 is 0 Å². The maximum Gasteiger partial charge on any atom is 0.334 e. The lowest BCUT2D eigenvalue weighted by molar-refractivity contribution is -0.137.